The standard InChI is InChI=1S/C9H9BrClNO2/c1-14-8-3-5(11)2-6(10)9(8)7(13)4-12/h2-3H,4,12H2,1H3. The van der Waals surface area contributed by atoms with E-state index in [2.05, 4.69) is 15.9 Å². The molecule has 0 aromatic heterocycles. The Hall–Kier alpha value is -0.580. The molecule has 0 aliphatic rings. The van der Waals surface area contributed by atoms with Crippen LogP contribution in [0.4, 0.5) is 0 Å². The molecule has 1 rings (SSSR count). The van der Waals surface area contributed by atoms with E-state index in [1.807, 2.05) is 0 Å². The summed E-state index contributed by atoms with van der Waals surface area (Å²) in [7, 11) is 1.48. The van der Waals surface area contributed by atoms with E-state index in [1.165, 1.54) is 7.11 Å². The van der Waals surface area contributed by atoms with Crippen LogP contribution in [-0.2, 0) is 0 Å². The minimum atomic E-state index is -0.189. The van der Waals surface area contributed by atoms with Gasteiger partial charge in [-0.25, -0.2) is 0 Å². The number of benzene rings is 1. The van der Waals surface area contributed by atoms with Crippen molar-refractivity contribution in [2.75, 3.05) is 13.7 Å². The first-order valence-electron chi connectivity index (χ1n) is 3.86. The molecule has 14 heavy (non-hydrogen) atoms. The highest BCUT2D eigenvalue weighted by molar-refractivity contribution is 9.10. The van der Waals surface area contributed by atoms with Crippen LogP contribution in [0, 0.1) is 0 Å². The molecule has 0 aliphatic heterocycles. The fraction of sp³-hybridized carbons (Fsp3) is 0.222. The average Bonchev–Trinajstić information content (AvgIpc) is 2.15. The van der Waals surface area contributed by atoms with Crippen LogP contribution in [0.1, 0.15) is 10.4 Å². The van der Waals surface area contributed by atoms with Gasteiger partial charge in [0.05, 0.1) is 19.2 Å². The van der Waals surface area contributed by atoms with E-state index in [1.54, 1.807) is 12.1 Å². The molecule has 5 heteroatoms. The van der Waals surface area contributed by atoms with Gasteiger partial charge in [-0.3, -0.25) is 4.79 Å². The number of rotatable bonds is 3. The van der Waals surface area contributed by atoms with Crippen molar-refractivity contribution in [3.63, 3.8) is 0 Å². The van der Waals surface area contributed by atoms with E-state index in [9.17, 15) is 4.79 Å². The lowest BCUT2D eigenvalue weighted by molar-refractivity contribution is 0.0997. The van der Waals surface area contributed by atoms with Gasteiger partial charge in [-0.2, -0.15) is 0 Å². The highest BCUT2D eigenvalue weighted by Crippen LogP contribution is 2.31. The Morgan fingerprint density at radius 2 is 2.29 bits per heavy atom. The van der Waals surface area contributed by atoms with Crippen molar-refractivity contribution in [1.29, 1.82) is 0 Å². The Morgan fingerprint density at radius 1 is 1.64 bits per heavy atom. The van der Waals surface area contributed by atoms with Crippen LogP contribution < -0.4 is 10.5 Å². The first-order chi connectivity index (χ1) is 6.60. The van der Waals surface area contributed by atoms with E-state index in [-0.39, 0.29) is 12.3 Å². The molecule has 0 amide bonds. The zero-order chi connectivity index (χ0) is 10.7. The minimum absolute atomic E-state index is 0.0589. The van der Waals surface area contributed by atoms with E-state index in [0.29, 0.717) is 20.8 Å². The fourth-order valence-electron chi connectivity index (χ4n) is 1.08. The molecule has 0 fully saturated rings. The van der Waals surface area contributed by atoms with Crippen LogP contribution in [-0.4, -0.2) is 19.4 Å². The molecule has 1 aromatic carbocycles. The third-order valence-corrected chi connectivity index (χ3v) is 2.55. The largest absolute Gasteiger partial charge is 0.496 e. The molecule has 0 aliphatic carbocycles. The summed E-state index contributed by atoms with van der Waals surface area (Å²) in [4.78, 5) is 11.4. The molecular formula is C9H9BrClNO2. The monoisotopic (exact) mass is 277 g/mol. The molecule has 0 atom stereocenters. The second-order valence-electron chi connectivity index (χ2n) is 2.59. The van der Waals surface area contributed by atoms with Gasteiger partial charge in [0.15, 0.2) is 5.78 Å². The number of hydrogen-bond acceptors (Lipinski definition) is 3. The lowest BCUT2D eigenvalue weighted by Crippen LogP contribution is -2.15. The number of carbonyl (C=O) groups excluding carboxylic acids is 1. The minimum Gasteiger partial charge on any atom is -0.496 e. The smallest absolute Gasteiger partial charge is 0.181 e. The Kier molecular flexibility index (Phi) is 3.92. The highest BCUT2D eigenvalue weighted by atomic mass is 79.9. The second kappa shape index (κ2) is 4.77. The Bertz CT molecular complexity index is 368. The highest BCUT2D eigenvalue weighted by Gasteiger charge is 2.15. The Morgan fingerprint density at radius 3 is 2.79 bits per heavy atom. The quantitative estimate of drug-likeness (QED) is 0.863. The van der Waals surface area contributed by atoms with E-state index < -0.39 is 0 Å². The third kappa shape index (κ3) is 2.26. The number of ether oxygens (including phenoxy) is 1. The molecule has 0 radical (unpaired) electrons. The van der Waals surface area contributed by atoms with Gasteiger partial charge in [0.2, 0.25) is 0 Å². The molecule has 1 aromatic rings. The summed E-state index contributed by atoms with van der Waals surface area (Å²) in [5.41, 5.74) is 5.71. The second-order valence-corrected chi connectivity index (χ2v) is 3.88. The maximum absolute atomic E-state index is 11.4. The predicted molar refractivity (Wildman–Crippen MR) is 59.1 cm³/mol. The van der Waals surface area contributed by atoms with Crippen LogP contribution in [0.15, 0.2) is 16.6 Å². The van der Waals surface area contributed by atoms with Crippen molar-refractivity contribution in [1.82, 2.24) is 0 Å². The predicted octanol–water partition coefficient (Wildman–Crippen LogP) is 2.25. The van der Waals surface area contributed by atoms with Gasteiger partial charge in [0.25, 0.3) is 0 Å². The molecule has 0 unspecified atom stereocenters. The number of halogens is 2. The molecule has 76 valence electrons. The summed E-state index contributed by atoms with van der Waals surface area (Å²) in [5, 5.41) is 0.502. The summed E-state index contributed by atoms with van der Waals surface area (Å²) in [5.74, 6) is 0.241. The molecular weight excluding hydrogens is 269 g/mol. The molecule has 0 heterocycles. The van der Waals surface area contributed by atoms with E-state index in [0.717, 1.165) is 0 Å². The van der Waals surface area contributed by atoms with Gasteiger partial charge >= 0.3 is 0 Å². The molecule has 0 spiro atoms. The van der Waals surface area contributed by atoms with Crippen molar-refractivity contribution in [3.05, 3.63) is 27.2 Å². The van der Waals surface area contributed by atoms with Crippen molar-refractivity contribution in [3.8, 4) is 5.75 Å². The van der Waals surface area contributed by atoms with Gasteiger partial charge in [0, 0.05) is 9.50 Å². The van der Waals surface area contributed by atoms with Crippen LogP contribution in [0.2, 0.25) is 5.02 Å². The van der Waals surface area contributed by atoms with E-state index in [4.69, 9.17) is 22.1 Å². The SMILES string of the molecule is COc1cc(Cl)cc(Br)c1C(=O)CN. The maximum atomic E-state index is 11.4. The van der Waals surface area contributed by atoms with Crippen molar-refractivity contribution < 1.29 is 9.53 Å². The van der Waals surface area contributed by atoms with Crippen molar-refractivity contribution in [2.45, 2.75) is 0 Å². The zero-order valence-electron chi connectivity index (χ0n) is 7.51. The zero-order valence-corrected chi connectivity index (χ0v) is 9.85. The first-order valence-corrected chi connectivity index (χ1v) is 5.03. The number of carbonyl (C=O) groups is 1. The van der Waals surface area contributed by atoms with Crippen LogP contribution in [0.25, 0.3) is 0 Å². The average molecular weight is 279 g/mol. The number of hydrogen-bond donors (Lipinski definition) is 1. The topological polar surface area (TPSA) is 52.3 Å². The number of ketones is 1. The van der Waals surface area contributed by atoms with Crippen LogP contribution >= 0.6 is 27.5 Å². The molecule has 2 N–H and O–H groups in total. The Labute approximate surface area is 95.3 Å². The number of nitrogens with two attached hydrogens (primary N) is 1. The normalized spacial score (nSPS) is 10.0. The molecule has 0 bridgehead atoms. The van der Waals surface area contributed by atoms with Gasteiger partial charge in [-0.15, -0.1) is 0 Å². The fourth-order valence-corrected chi connectivity index (χ4v) is 2.09. The van der Waals surface area contributed by atoms with Gasteiger partial charge in [-0.1, -0.05) is 11.6 Å². The maximum Gasteiger partial charge on any atom is 0.181 e. The van der Waals surface area contributed by atoms with E-state index >= 15 is 0 Å². The lowest BCUT2D eigenvalue weighted by atomic mass is 10.1. The van der Waals surface area contributed by atoms with Crippen molar-refractivity contribution in [2.24, 2.45) is 5.73 Å². The summed E-state index contributed by atoms with van der Waals surface area (Å²) in [6.45, 7) is -0.0589. The summed E-state index contributed by atoms with van der Waals surface area (Å²) in [6.07, 6.45) is 0. The van der Waals surface area contributed by atoms with Gasteiger partial charge < -0.3 is 10.5 Å². The van der Waals surface area contributed by atoms with Gasteiger partial charge in [0.1, 0.15) is 5.75 Å². The summed E-state index contributed by atoms with van der Waals surface area (Å²) in [6, 6.07) is 3.21. The van der Waals surface area contributed by atoms with Crippen LogP contribution in [0.3, 0.4) is 0 Å². The summed E-state index contributed by atoms with van der Waals surface area (Å²) >= 11 is 9.04. The van der Waals surface area contributed by atoms with Gasteiger partial charge in [-0.05, 0) is 28.1 Å². The first kappa shape index (κ1) is 11.5. The third-order valence-electron chi connectivity index (χ3n) is 1.70. The Balaban J connectivity index is 3.32. The number of Topliss-reactive ketones (excluding diaryl/α,β-unsaturated/α-hetero) is 1. The summed E-state index contributed by atoms with van der Waals surface area (Å²) < 4.78 is 5.63. The molecule has 3 nitrogen and oxygen atoms in total. The lowest BCUT2D eigenvalue weighted by Gasteiger charge is -2.09. The molecule has 0 saturated carbocycles. The molecule has 0 saturated heterocycles. The number of methoxy groups -OCH3 is 1. The van der Waals surface area contributed by atoms with Crippen molar-refractivity contribution >= 4 is 33.3 Å². The van der Waals surface area contributed by atoms with Crippen LogP contribution in [0.5, 0.6) is 5.75 Å².